The minimum atomic E-state index is 0. The molecule has 11 heteroatoms. The van der Waals surface area contributed by atoms with Crippen LogP contribution < -0.4 is 20.7 Å². The highest BCUT2D eigenvalue weighted by atomic mass is 16.5. The fourth-order valence-corrected chi connectivity index (χ4v) is 4.14. The molecule has 0 amide bonds. The lowest BCUT2D eigenvalue weighted by atomic mass is 10.1. The van der Waals surface area contributed by atoms with Crippen LogP contribution in [0, 0.1) is 0 Å². The molecule has 0 saturated carbocycles. The number of aromatic nitrogens is 4. The molecule has 5 N–H and O–H groups in total. The molecule has 0 aromatic carbocycles. The summed E-state index contributed by atoms with van der Waals surface area (Å²) in [6.45, 7) is 19.7. The Labute approximate surface area is 314 Å². The van der Waals surface area contributed by atoms with Crippen molar-refractivity contribution in [2.45, 2.75) is 86.5 Å². The molecule has 11 nitrogen and oxygen atoms in total. The summed E-state index contributed by atoms with van der Waals surface area (Å²) in [5.41, 5.74) is 8.01. The maximum Gasteiger partial charge on any atom is 0.137 e. The Kier molecular flexibility index (Phi) is 25.9. The second-order valence-corrected chi connectivity index (χ2v) is 13.0. The van der Waals surface area contributed by atoms with Gasteiger partial charge in [-0.15, -0.1) is 0 Å². The molecule has 0 bridgehead atoms. The number of methoxy groups -OCH3 is 1. The van der Waals surface area contributed by atoms with E-state index in [1.54, 1.807) is 19.5 Å². The van der Waals surface area contributed by atoms with Crippen LogP contribution in [0.3, 0.4) is 0 Å². The lowest BCUT2D eigenvalue weighted by Crippen LogP contribution is -2.08. The highest BCUT2D eigenvalue weighted by molar-refractivity contribution is 5.44. The van der Waals surface area contributed by atoms with Crippen LogP contribution in [-0.2, 0) is 4.74 Å². The largest absolute Gasteiger partial charge is 0.490 e. The molecule has 0 radical (unpaired) electrons. The molecular formula is C41H67N7O4. The lowest BCUT2D eigenvalue weighted by Gasteiger charge is -2.09. The van der Waals surface area contributed by atoms with Crippen LogP contribution >= 0.6 is 0 Å². The highest BCUT2D eigenvalue weighted by Crippen LogP contribution is 2.19. The van der Waals surface area contributed by atoms with Crippen molar-refractivity contribution in [2.24, 2.45) is 0 Å². The molecule has 52 heavy (non-hydrogen) atoms. The van der Waals surface area contributed by atoms with Crippen molar-refractivity contribution in [3.8, 4) is 5.75 Å². The Morgan fingerprint density at radius 2 is 0.942 bits per heavy atom. The molecule has 4 aromatic rings. The van der Waals surface area contributed by atoms with Gasteiger partial charge in [0.1, 0.15) is 12.4 Å². The fraction of sp³-hybridized carbons (Fsp3) is 0.512. The van der Waals surface area contributed by atoms with Crippen molar-refractivity contribution in [1.82, 2.24) is 19.9 Å². The summed E-state index contributed by atoms with van der Waals surface area (Å²) in [7, 11) is 3.60. The number of anilines is 3. The van der Waals surface area contributed by atoms with Crippen molar-refractivity contribution >= 4 is 17.1 Å². The summed E-state index contributed by atoms with van der Waals surface area (Å²) in [6, 6.07) is 8.27. The summed E-state index contributed by atoms with van der Waals surface area (Å²) in [6.07, 6.45) is 14.6. The van der Waals surface area contributed by atoms with Gasteiger partial charge in [0.05, 0.1) is 43.1 Å². The second-order valence-electron chi connectivity index (χ2n) is 13.0. The molecule has 0 spiro atoms. The zero-order valence-corrected chi connectivity index (χ0v) is 32.5. The van der Waals surface area contributed by atoms with Gasteiger partial charge in [-0.25, -0.2) is 0 Å². The van der Waals surface area contributed by atoms with Gasteiger partial charge in [-0.3, -0.25) is 19.9 Å². The van der Waals surface area contributed by atoms with E-state index in [0.29, 0.717) is 43.4 Å². The number of ether oxygens (including phenoxy) is 2. The summed E-state index contributed by atoms with van der Waals surface area (Å²) < 4.78 is 10.2. The maximum absolute atomic E-state index is 8.62. The van der Waals surface area contributed by atoms with Crippen molar-refractivity contribution in [1.29, 1.82) is 0 Å². The number of pyridine rings is 4. The van der Waals surface area contributed by atoms with Crippen LogP contribution in [0.15, 0.2) is 73.8 Å². The zero-order chi connectivity index (χ0) is 38.0. The van der Waals surface area contributed by atoms with Crippen LogP contribution in [0.5, 0.6) is 5.75 Å². The number of aliphatic hydroxyl groups is 2. The molecule has 290 valence electrons. The van der Waals surface area contributed by atoms with Crippen molar-refractivity contribution in [2.75, 3.05) is 69.6 Å². The first-order valence-electron chi connectivity index (χ1n) is 17.7. The molecule has 0 fully saturated rings. The van der Waals surface area contributed by atoms with Gasteiger partial charge in [-0.2, -0.15) is 0 Å². The monoisotopic (exact) mass is 722 g/mol. The first kappa shape index (κ1) is 47.7. The first-order valence-corrected chi connectivity index (χ1v) is 17.7. The van der Waals surface area contributed by atoms with E-state index in [0.717, 1.165) is 34.9 Å². The third-order valence-electron chi connectivity index (χ3n) is 7.40. The number of nitrogens with one attached hydrogen (secondary N) is 3. The smallest absolute Gasteiger partial charge is 0.137 e. The number of nitrogens with zero attached hydrogens (tertiary/aromatic N) is 4. The van der Waals surface area contributed by atoms with E-state index < -0.39 is 0 Å². The van der Waals surface area contributed by atoms with Gasteiger partial charge < -0.3 is 35.6 Å². The van der Waals surface area contributed by atoms with Gasteiger partial charge in [-0.05, 0) is 70.2 Å². The Balaban J connectivity index is 0.000000665. The van der Waals surface area contributed by atoms with Gasteiger partial charge in [0.15, 0.2) is 0 Å². The van der Waals surface area contributed by atoms with Crippen LogP contribution in [0.4, 0.5) is 17.1 Å². The number of hydrogen-bond donors (Lipinski definition) is 5. The van der Waals surface area contributed by atoms with E-state index in [9.17, 15) is 0 Å². The van der Waals surface area contributed by atoms with Crippen molar-refractivity contribution in [3.05, 3.63) is 96.1 Å². The second kappa shape index (κ2) is 28.3. The molecule has 4 rings (SSSR count). The standard InChI is InChI=1S/C11H18N2O.C10H16N2O.C10H15NO2.C9H14N2.CH4/c1-9(2)10-6-11(8-12-7-10)13-4-5-14-3;1-8(2)9-5-10(7-11-6-9)12-3-4-13;1-8(2)9-5-10(7-11-6-9)13-4-3-12;1-7(2)8-4-9(10-3)6-11-5-8;/h6-9,13H,4-5H2,1-3H3;5-8,12-13H,3-4H2,1-2H3;5-8,12H,3-4H2,1-2H3;4-7,10H,1-3H3;1H4. The van der Waals surface area contributed by atoms with Gasteiger partial charge in [0.25, 0.3) is 0 Å². The molecule has 0 aliphatic rings. The summed E-state index contributed by atoms with van der Waals surface area (Å²) >= 11 is 0. The minimum absolute atomic E-state index is 0. The van der Waals surface area contributed by atoms with Crippen LogP contribution in [0.25, 0.3) is 0 Å². The van der Waals surface area contributed by atoms with Crippen molar-refractivity contribution < 1.29 is 19.7 Å². The molecule has 0 unspecified atom stereocenters. The molecule has 4 heterocycles. The van der Waals surface area contributed by atoms with E-state index in [4.69, 9.17) is 19.7 Å². The normalized spacial score (nSPS) is 10.2. The SMILES string of the molecule is C.CC(C)c1cncc(NCCO)c1.CC(C)c1cncc(OCCO)c1.CNc1cncc(C(C)C)c1.COCCNc1cncc(C(C)C)c1. The van der Waals surface area contributed by atoms with E-state index in [2.05, 4.69) is 109 Å². The van der Waals surface area contributed by atoms with Crippen LogP contribution in [-0.4, -0.2) is 83.8 Å². The Bertz CT molecular complexity index is 1410. The molecule has 0 saturated heterocycles. The Morgan fingerprint density at radius 3 is 1.35 bits per heavy atom. The maximum atomic E-state index is 8.62. The molecule has 0 aliphatic carbocycles. The molecular weight excluding hydrogens is 654 g/mol. The molecule has 4 aromatic heterocycles. The number of rotatable bonds is 15. The van der Waals surface area contributed by atoms with E-state index in [-0.39, 0.29) is 20.6 Å². The van der Waals surface area contributed by atoms with E-state index >= 15 is 0 Å². The third-order valence-corrected chi connectivity index (χ3v) is 7.40. The number of aliphatic hydroxyl groups excluding tert-OH is 2. The predicted octanol–water partition coefficient (Wildman–Crippen LogP) is 8.33. The summed E-state index contributed by atoms with van der Waals surface area (Å²) in [4.78, 5) is 16.5. The van der Waals surface area contributed by atoms with Crippen molar-refractivity contribution in [3.63, 3.8) is 0 Å². The highest BCUT2D eigenvalue weighted by Gasteiger charge is 2.03. The van der Waals surface area contributed by atoms with Gasteiger partial charge in [-0.1, -0.05) is 62.8 Å². The van der Waals surface area contributed by atoms with Gasteiger partial charge in [0.2, 0.25) is 0 Å². The molecule has 0 atom stereocenters. The van der Waals surface area contributed by atoms with Crippen LogP contribution in [0.1, 0.15) is 109 Å². The van der Waals surface area contributed by atoms with Crippen LogP contribution in [0.2, 0.25) is 0 Å². The van der Waals surface area contributed by atoms with E-state index in [1.807, 2.05) is 50.3 Å². The minimum Gasteiger partial charge on any atom is -0.490 e. The average molecular weight is 722 g/mol. The predicted molar refractivity (Wildman–Crippen MR) is 218 cm³/mol. The lowest BCUT2D eigenvalue weighted by molar-refractivity contribution is 0.201. The quantitative estimate of drug-likeness (QED) is 0.0755. The average Bonchev–Trinajstić information content (AvgIpc) is 3.14. The summed E-state index contributed by atoms with van der Waals surface area (Å²) in [5.74, 6) is 2.73. The summed E-state index contributed by atoms with van der Waals surface area (Å²) in [5, 5.41) is 26.6. The Hall–Kier alpha value is -4.32. The van der Waals surface area contributed by atoms with E-state index in [1.165, 1.54) is 16.7 Å². The third kappa shape index (κ3) is 20.5. The zero-order valence-electron chi connectivity index (χ0n) is 32.5. The van der Waals surface area contributed by atoms with Gasteiger partial charge in [0, 0.05) is 70.6 Å². The first-order chi connectivity index (χ1) is 24.4. The fourth-order valence-electron chi connectivity index (χ4n) is 4.14. The topological polar surface area (TPSA) is 147 Å². The Morgan fingerprint density at radius 1 is 0.538 bits per heavy atom. The number of hydrogen-bond acceptors (Lipinski definition) is 11. The molecule has 0 aliphatic heterocycles. The van der Waals surface area contributed by atoms with Gasteiger partial charge >= 0.3 is 0 Å².